The Morgan fingerprint density at radius 3 is 2.78 bits per heavy atom. The number of hydrogen-bond donors (Lipinski definition) is 1. The smallest absolute Gasteiger partial charge is 0.410 e. The van der Waals surface area contributed by atoms with Crippen LogP contribution in [0.5, 0.6) is 0 Å². The van der Waals surface area contributed by atoms with Crippen molar-refractivity contribution in [3.8, 4) is 0 Å². The summed E-state index contributed by atoms with van der Waals surface area (Å²) in [5, 5.41) is 12.6. The Labute approximate surface area is 134 Å². The third-order valence-electron chi connectivity index (χ3n) is 3.47. The normalized spacial score (nSPS) is 18.7. The van der Waals surface area contributed by atoms with E-state index in [-0.39, 0.29) is 30.9 Å². The van der Waals surface area contributed by atoms with Crippen molar-refractivity contribution in [1.29, 1.82) is 0 Å². The summed E-state index contributed by atoms with van der Waals surface area (Å²) in [6.45, 7) is 6.05. The first-order valence-corrected chi connectivity index (χ1v) is 7.80. The summed E-state index contributed by atoms with van der Waals surface area (Å²) in [6.07, 6.45) is 2.32. The Hall–Kier alpha value is -2.12. The van der Waals surface area contributed by atoms with Crippen molar-refractivity contribution in [2.24, 2.45) is 0 Å². The van der Waals surface area contributed by atoms with Gasteiger partial charge < -0.3 is 14.4 Å². The summed E-state index contributed by atoms with van der Waals surface area (Å²) in [5.74, 6) is -0.231. The standard InChI is InChI=1S/C15H23N3O5/c1-15(2,3)22-14(21)18-9-5-4-6-10(18)13-16-11(23-17-13)7-8-12(19)20/h10H,4-9H2,1-3H3,(H,19,20). The lowest BCUT2D eigenvalue weighted by Gasteiger charge is -2.35. The maximum atomic E-state index is 12.4. The van der Waals surface area contributed by atoms with Crippen LogP contribution in [0.25, 0.3) is 0 Å². The molecule has 1 aromatic rings. The molecule has 1 saturated heterocycles. The maximum absolute atomic E-state index is 12.4. The van der Waals surface area contributed by atoms with Crippen molar-refractivity contribution in [3.63, 3.8) is 0 Å². The minimum atomic E-state index is -0.919. The molecular formula is C15H23N3O5. The second kappa shape index (κ2) is 6.97. The molecule has 1 atom stereocenters. The van der Waals surface area contributed by atoms with E-state index in [1.807, 2.05) is 20.8 Å². The summed E-state index contributed by atoms with van der Waals surface area (Å²) in [6, 6.07) is -0.291. The van der Waals surface area contributed by atoms with Crippen molar-refractivity contribution in [2.45, 2.75) is 64.5 Å². The molecule has 23 heavy (non-hydrogen) atoms. The van der Waals surface area contributed by atoms with Crippen molar-refractivity contribution in [2.75, 3.05) is 6.54 Å². The number of nitrogens with zero attached hydrogens (tertiary/aromatic N) is 3. The Bertz CT molecular complexity index is 564. The van der Waals surface area contributed by atoms with E-state index in [0.717, 1.165) is 19.3 Å². The summed E-state index contributed by atoms with van der Waals surface area (Å²) >= 11 is 0. The number of rotatable bonds is 4. The molecule has 8 heteroatoms. The summed E-state index contributed by atoms with van der Waals surface area (Å²) in [5.41, 5.74) is -0.566. The molecule has 0 aromatic carbocycles. The topological polar surface area (TPSA) is 106 Å². The Kier molecular flexibility index (Phi) is 5.23. The van der Waals surface area contributed by atoms with Crippen LogP contribution in [0, 0.1) is 0 Å². The summed E-state index contributed by atoms with van der Waals surface area (Å²) in [4.78, 5) is 28.8. The summed E-state index contributed by atoms with van der Waals surface area (Å²) in [7, 11) is 0. The number of aromatic nitrogens is 2. The van der Waals surface area contributed by atoms with Crippen LogP contribution in [0.2, 0.25) is 0 Å². The Morgan fingerprint density at radius 2 is 2.13 bits per heavy atom. The number of carbonyl (C=O) groups excluding carboxylic acids is 1. The highest BCUT2D eigenvalue weighted by Crippen LogP contribution is 2.30. The fraction of sp³-hybridized carbons (Fsp3) is 0.733. The maximum Gasteiger partial charge on any atom is 0.410 e. The molecule has 1 aliphatic heterocycles. The fourth-order valence-corrected chi connectivity index (χ4v) is 2.46. The van der Waals surface area contributed by atoms with Gasteiger partial charge in [-0.3, -0.25) is 9.69 Å². The number of hydrogen-bond acceptors (Lipinski definition) is 6. The number of carboxylic acids is 1. The first kappa shape index (κ1) is 17.2. The minimum Gasteiger partial charge on any atom is -0.481 e. The fourth-order valence-electron chi connectivity index (χ4n) is 2.46. The van der Waals surface area contributed by atoms with E-state index < -0.39 is 11.6 Å². The van der Waals surface area contributed by atoms with Gasteiger partial charge in [-0.1, -0.05) is 5.16 Å². The van der Waals surface area contributed by atoms with Crippen LogP contribution in [0.3, 0.4) is 0 Å². The van der Waals surface area contributed by atoms with Crippen LogP contribution >= 0.6 is 0 Å². The van der Waals surface area contributed by atoms with E-state index in [4.69, 9.17) is 14.4 Å². The first-order valence-electron chi connectivity index (χ1n) is 7.80. The molecule has 0 aliphatic carbocycles. The molecule has 0 bridgehead atoms. The molecule has 1 N–H and O–H groups in total. The van der Waals surface area contributed by atoms with Crippen LogP contribution in [0.4, 0.5) is 4.79 Å². The number of likely N-dealkylation sites (tertiary alicyclic amines) is 1. The molecule has 1 fully saturated rings. The number of carboxylic acid groups (broad SMARTS) is 1. The summed E-state index contributed by atoms with van der Waals surface area (Å²) < 4.78 is 10.5. The van der Waals surface area contributed by atoms with E-state index in [0.29, 0.717) is 12.4 Å². The first-order chi connectivity index (χ1) is 10.8. The average molecular weight is 325 g/mol. The van der Waals surface area contributed by atoms with Crippen LogP contribution in [0.1, 0.15) is 64.2 Å². The number of ether oxygens (including phenoxy) is 1. The van der Waals surface area contributed by atoms with Gasteiger partial charge in [0.15, 0.2) is 5.82 Å². The second-order valence-electron chi connectivity index (χ2n) is 6.63. The van der Waals surface area contributed by atoms with Gasteiger partial charge in [-0.25, -0.2) is 4.79 Å². The molecule has 0 spiro atoms. The molecule has 8 nitrogen and oxygen atoms in total. The van der Waals surface area contributed by atoms with Crippen LogP contribution in [-0.4, -0.2) is 44.4 Å². The van der Waals surface area contributed by atoms with Gasteiger partial charge in [-0.15, -0.1) is 0 Å². The van der Waals surface area contributed by atoms with Crippen molar-refractivity contribution >= 4 is 12.1 Å². The molecule has 1 amide bonds. The number of carbonyl (C=O) groups is 2. The van der Waals surface area contributed by atoms with Gasteiger partial charge in [0.25, 0.3) is 0 Å². The predicted octanol–water partition coefficient (Wildman–Crippen LogP) is 2.55. The largest absolute Gasteiger partial charge is 0.481 e. The van der Waals surface area contributed by atoms with Crippen LogP contribution in [-0.2, 0) is 16.0 Å². The van der Waals surface area contributed by atoms with Gasteiger partial charge in [0.2, 0.25) is 5.89 Å². The predicted molar refractivity (Wildman–Crippen MR) is 79.8 cm³/mol. The van der Waals surface area contributed by atoms with Gasteiger partial charge in [0.1, 0.15) is 5.60 Å². The van der Waals surface area contributed by atoms with E-state index in [1.54, 1.807) is 4.90 Å². The monoisotopic (exact) mass is 325 g/mol. The van der Waals surface area contributed by atoms with E-state index >= 15 is 0 Å². The quantitative estimate of drug-likeness (QED) is 0.906. The molecule has 1 aliphatic rings. The van der Waals surface area contributed by atoms with Crippen LogP contribution in [0.15, 0.2) is 4.52 Å². The van der Waals surface area contributed by atoms with Crippen molar-refractivity contribution in [3.05, 3.63) is 11.7 Å². The number of amides is 1. The highest BCUT2D eigenvalue weighted by atomic mass is 16.6. The van der Waals surface area contributed by atoms with Crippen molar-refractivity contribution < 1.29 is 24.0 Å². The zero-order chi connectivity index (χ0) is 17.0. The van der Waals surface area contributed by atoms with E-state index in [1.165, 1.54) is 0 Å². The Balaban J connectivity index is 2.09. The van der Waals surface area contributed by atoms with E-state index in [2.05, 4.69) is 10.1 Å². The highest BCUT2D eigenvalue weighted by molar-refractivity contribution is 5.69. The van der Waals surface area contributed by atoms with Gasteiger partial charge >= 0.3 is 12.1 Å². The molecule has 1 unspecified atom stereocenters. The molecule has 2 rings (SSSR count). The zero-order valence-electron chi connectivity index (χ0n) is 13.7. The SMILES string of the molecule is CC(C)(C)OC(=O)N1CCCCC1c1noc(CCC(=O)O)n1. The third kappa shape index (κ3) is 4.94. The zero-order valence-corrected chi connectivity index (χ0v) is 13.7. The van der Waals surface area contributed by atoms with Crippen LogP contribution < -0.4 is 0 Å². The average Bonchev–Trinajstić information content (AvgIpc) is 2.92. The van der Waals surface area contributed by atoms with Gasteiger partial charge in [0.05, 0.1) is 12.5 Å². The molecule has 1 aromatic heterocycles. The number of aliphatic carboxylic acids is 1. The second-order valence-corrected chi connectivity index (χ2v) is 6.63. The molecular weight excluding hydrogens is 302 g/mol. The Morgan fingerprint density at radius 1 is 1.39 bits per heavy atom. The van der Waals surface area contributed by atoms with E-state index in [9.17, 15) is 9.59 Å². The van der Waals surface area contributed by atoms with Gasteiger partial charge in [0, 0.05) is 13.0 Å². The molecule has 2 heterocycles. The number of piperidine rings is 1. The molecule has 0 radical (unpaired) electrons. The highest BCUT2D eigenvalue weighted by Gasteiger charge is 2.34. The molecule has 128 valence electrons. The lowest BCUT2D eigenvalue weighted by Crippen LogP contribution is -2.42. The lowest BCUT2D eigenvalue weighted by atomic mass is 10.0. The van der Waals surface area contributed by atoms with Gasteiger partial charge in [-0.05, 0) is 40.0 Å². The lowest BCUT2D eigenvalue weighted by molar-refractivity contribution is -0.137. The van der Waals surface area contributed by atoms with Gasteiger partial charge in [-0.2, -0.15) is 4.98 Å². The molecule has 0 saturated carbocycles. The third-order valence-corrected chi connectivity index (χ3v) is 3.47. The number of aryl methyl sites for hydroxylation is 1. The minimum absolute atomic E-state index is 0.0674. The van der Waals surface area contributed by atoms with Crippen molar-refractivity contribution in [1.82, 2.24) is 15.0 Å².